The molecule has 0 aliphatic heterocycles. The molecule has 0 saturated heterocycles. The molecule has 0 aromatic rings. The summed E-state index contributed by atoms with van der Waals surface area (Å²) in [5, 5.41) is 0. The second kappa shape index (κ2) is 2.13. The summed E-state index contributed by atoms with van der Waals surface area (Å²) in [6.45, 7) is 0. The van der Waals surface area contributed by atoms with Gasteiger partial charge in [0.2, 0.25) is 5.91 Å². The first-order chi connectivity index (χ1) is 3.84. The number of hydrogen-bond acceptors (Lipinski definition) is 2. The van der Waals surface area contributed by atoms with Crippen LogP contribution in [0.3, 0.4) is 0 Å². The summed E-state index contributed by atoms with van der Waals surface area (Å²) >= 11 is 0. The zero-order valence-corrected chi connectivity index (χ0v) is 4.90. The normalized spacial score (nSPS) is 18.1. The second-order valence-electron chi connectivity index (χ2n) is 2.01. The van der Waals surface area contributed by atoms with Crippen molar-refractivity contribution in [3.05, 3.63) is 0 Å². The monoisotopic (exact) mass is 114 g/mol. The van der Waals surface area contributed by atoms with E-state index in [-0.39, 0.29) is 5.91 Å². The highest BCUT2D eigenvalue weighted by atomic mass is 16.2. The molecule has 0 atom stereocenters. The molecule has 1 aliphatic carbocycles. The predicted molar refractivity (Wildman–Crippen MR) is 29.9 cm³/mol. The molecule has 46 valence electrons. The average molecular weight is 114 g/mol. The van der Waals surface area contributed by atoms with E-state index in [2.05, 4.69) is 10.9 Å². The van der Waals surface area contributed by atoms with Gasteiger partial charge in [-0.25, -0.2) is 5.43 Å². The molecule has 0 spiro atoms. The molecule has 0 aromatic heterocycles. The molecule has 1 saturated carbocycles. The van der Waals surface area contributed by atoms with E-state index in [1.807, 2.05) is 0 Å². The minimum absolute atomic E-state index is 0.132. The van der Waals surface area contributed by atoms with Gasteiger partial charge in [-0.05, 0) is 12.8 Å². The Labute approximate surface area is 48.4 Å². The Bertz CT molecular complexity index is 98.6. The standard InChI is InChI=1S/C5H10N2O/c1-6-7-5(8)4-2-3-4/h4,6H,2-3H2,1H3,(H,7,8). The molecule has 1 amide bonds. The fourth-order valence-electron chi connectivity index (χ4n) is 0.571. The van der Waals surface area contributed by atoms with Crippen LogP contribution in [0.25, 0.3) is 0 Å². The summed E-state index contributed by atoms with van der Waals surface area (Å²) in [6, 6.07) is 0. The average Bonchev–Trinajstić information content (AvgIpc) is 2.45. The third-order valence-corrected chi connectivity index (χ3v) is 1.20. The van der Waals surface area contributed by atoms with Crippen molar-refractivity contribution in [2.24, 2.45) is 5.92 Å². The number of hydrazine groups is 1. The number of hydrogen-bond donors (Lipinski definition) is 2. The first-order valence-electron chi connectivity index (χ1n) is 2.81. The molecule has 0 aromatic carbocycles. The molecule has 8 heavy (non-hydrogen) atoms. The van der Waals surface area contributed by atoms with Gasteiger partial charge in [0.25, 0.3) is 0 Å². The van der Waals surface area contributed by atoms with Crippen LogP contribution in [0.5, 0.6) is 0 Å². The highest BCUT2D eigenvalue weighted by molar-refractivity contribution is 5.80. The first kappa shape index (κ1) is 5.56. The van der Waals surface area contributed by atoms with E-state index < -0.39 is 0 Å². The van der Waals surface area contributed by atoms with Crippen LogP contribution < -0.4 is 10.9 Å². The number of carbonyl (C=O) groups is 1. The molecular formula is C5H10N2O. The molecule has 0 unspecified atom stereocenters. The van der Waals surface area contributed by atoms with Gasteiger partial charge in [-0.15, -0.1) is 0 Å². The maximum Gasteiger partial charge on any atom is 0.237 e. The van der Waals surface area contributed by atoms with Crippen molar-refractivity contribution in [2.75, 3.05) is 7.05 Å². The van der Waals surface area contributed by atoms with E-state index in [4.69, 9.17) is 0 Å². The number of nitrogens with one attached hydrogen (secondary N) is 2. The highest BCUT2D eigenvalue weighted by Crippen LogP contribution is 2.28. The van der Waals surface area contributed by atoms with Crippen molar-refractivity contribution in [3.8, 4) is 0 Å². The number of rotatable bonds is 2. The minimum atomic E-state index is 0.132. The van der Waals surface area contributed by atoms with Crippen LogP contribution in [0.1, 0.15) is 12.8 Å². The zero-order valence-electron chi connectivity index (χ0n) is 4.90. The van der Waals surface area contributed by atoms with Crippen molar-refractivity contribution in [1.29, 1.82) is 0 Å². The summed E-state index contributed by atoms with van der Waals surface area (Å²) in [5.41, 5.74) is 5.11. The van der Waals surface area contributed by atoms with Gasteiger partial charge in [-0.1, -0.05) is 0 Å². The summed E-state index contributed by atoms with van der Waals surface area (Å²) in [4.78, 5) is 10.6. The molecule has 1 rings (SSSR count). The van der Waals surface area contributed by atoms with Gasteiger partial charge in [0, 0.05) is 13.0 Å². The van der Waals surface area contributed by atoms with Gasteiger partial charge in [0.05, 0.1) is 0 Å². The van der Waals surface area contributed by atoms with E-state index in [1.54, 1.807) is 7.05 Å². The Hall–Kier alpha value is -0.570. The van der Waals surface area contributed by atoms with Crippen LogP contribution in [-0.4, -0.2) is 13.0 Å². The molecule has 2 N–H and O–H groups in total. The van der Waals surface area contributed by atoms with Gasteiger partial charge in [-0.3, -0.25) is 10.2 Å². The molecule has 0 radical (unpaired) electrons. The zero-order chi connectivity index (χ0) is 5.98. The van der Waals surface area contributed by atoms with Crippen LogP contribution in [-0.2, 0) is 4.79 Å². The molecular weight excluding hydrogens is 104 g/mol. The lowest BCUT2D eigenvalue weighted by Gasteiger charge is -1.97. The van der Waals surface area contributed by atoms with Crippen LogP contribution in [0.2, 0.25) is 0 Å². The summed E-state index contributed by atoms with van der Waals surface area (Å²) < 4.78 is 0. The Morgan fingerprint density at radius 3 is 2.62 bits per heavy atom. The predicted octanol–water partition coefficient (Wildman–Crippen LogP) is -0.353. The van der Waals surface area contributed by atoms with Crippen molar-refractivity contribution in [1.82, 2.24) is 10.9 Å². The Morgan fingerprint density at radius 1 is 1.62 bits per heavy atom. The molecule has 3 heteroatoms. The van der Waals surface area contributed by atoms with Gasteiger partial charge in [0.15, 0.2) is 0 Å². The van der Waals surface area contributed by atoms with E-state index >= 15 is 0 Å². The lowest BCUT2D eigenvalue weighted by Crippen LogP contribution is -2.35. The molecule has 0 bridgehead atoms. The highest BCUT2D eigenvalue weighted by Gasteiger charge is 2.28. The van der Waals surface area contributed by atoms with E-state index in [1.165, 1.54) is 0 Å². The van der Waals surface area contributed by atoms with Gasteiger partial charge >= 0.3 is 0 Å². The van der Waals surface area contributed by atoms with Gasteiger partial charge in [-0.2, -0.15) is 0 Å². The number of amides is 1. The van der Waals surface area contributed by atoms with Crippen LogP contribution in [0, 0.1) is 5.92 Å². The van der Waals surface area contributed by atoms with Crippen LogP contribution >= 0.6 is 0 Å². The summed E-state index contributed by atoms with van der Waals surface area (Å²) in [6.07, 6.45) is 2.13. The second-order valence-corrected chi connectivity index (χ2v) is 2.01. The quantitative estimate of drug-likeness (QED) is 0.482. The summed E-state index contributed by atoms with van der Waals surface area (Å²) in [5.74, 6) is 0.440. The lowest BCUT2D eigenvalue weighted by molar-refractivity contribution is -0.123. The SMILES string of the molecule is CNNC(=O)C1CC1. The molecule has 1 fully saturated rings. The smallest absolute Gasteiger partial charge is 0.237 e. The minimum Gasteiger partial charge on any atom is -0.292 e. The first-order valence-corrected chi connectivity index (χ1v) is 2.81. The van der Waals surface area contributed by atoms with Crippen LogP contribution in [0.15, 0.2) is 0 Å². The Kier molecular flexibility index (Phi) is 1.48. The Morgan fingerprint density at radius 2 is 2.25 bits per heavy atom. The van der Waals surface area contributed by atoms with Gasteiger partial charge < -0.3 is 0 Å². The molecule has 1 aliphatic rings. The summed E-state index contributed by atoms with van der Waals surface area (Å²) in [7, 11) is 1.69. The Balaban J connectivity index is 2.13. The molecule has 3 nitrogen and oxygen atoms in total. The lowest BCUT2D eigenvalue weighted by atomic mass is 10.4. The fraction of sp³-hybridized carbons (Fsp3) is 0.800. The fourth-order valence-corrected chi connectivity index (χ4v) is 0.571. The maximum atomic E-state index is 10.6. The largest absolute Gasteiger partial charge is 0.292 e. The third-order valence-electron chi connectivity index (χ3n) is 1.20. The van der Waals surface area contributed by atoms with E-state index in [0.29, 0.717) is 5.92 Å². The maximum absolute atomic E-state index is 10.6. The number of carbonyl (C=O) groups excluding carboxylic acids is 1. The third kappa shape index (κ3) is 1.20. The van der Waals surface area contributed by atoms with Crippen LogP contribution in [0.4, 0.5) is 0 Å². The van der Waals surface area contributed by atoms with E-state index in [9.17, 15) is 4.79 Å². The topological polar surface area (TPSA) is 41.1 Å². The van der Waals surface area contributed by atoms with Crippen molar-refractivity contribution in [3.63, 3.8) is 0 Å². The molecule has 0 heterocycles. The van der Waals surface area contributed by atoms with Crippen molar-refractivity contribution >= 4 is 5.91 Å². The van der Waals surface area contributed by atoms with Crippen molar-refractivity contribution in [2.45, 2.75) is 12.8 Å². The van der Waals surface area contributed by atoms with Gasteiger partial charge in [0.1, 0.15) is 0 Å². The van der Waals surface area contributed by atoms with E-state index in [0.717, 1.165) is 12.8 Å². The van der Waals surface area contributed by atoms with Crippen molar-refractivity contribution < 1.29 is 4.79 Å².